The molecule has 4 rings (SSSR count). The Bertz CT molecular complexity index is 548. The molecule has 2 aliphatic carbocycles. The van der Waals surface area contributed by atoms with Crippen LogP contribution in [0.4, 0.5) is 0 Å². The molecule has 3 fully saturated rings. The van der Waals surface area contributed by atoms with E-state index < -0.39 is 0 Å². The quantitative estimate of drug-likeness (QED) is 0.867. The van der Waals surface area contributed by atoms with Crippen molar-refractivity contribution in [3.05, 3.63) is 29.8 Å². The summed E-state index contributed by atoms with van der Waals surface area (Å²) in [6.45, 7) is 0.933. The number of hydrogen-bond acceptors (Lipinski definition) is 3. The molecule has 1 N–H and O–H groups in total. The van der Waals surface area contributed by atoms with Gasteiger partial charge in [-0.2, -0.15) is 0 Å². The Morgan fingerprint density at radius 2 is 2.00 bits per heavy atom. The number of rotatable bonds is 4. The molecule has 0 radical (unpaired) electrons. The van der Waals surface area contributed by atoms with Gasteiger partial charge in [0.05, 0.1) is 0 Å². The summed E-state index contributed by atoms with van der Waals surface area (Å²) >= 11 is 1.76. The molecule has 0 bridgehead atoms. The van der Waals surface area contributed by atoms with Crippen molar-refractivity contribution >= 4 is 17.7 Å². The lowest BCUT2D eigenvalue weighted by molar-refractivity contribution is -0.131. The second-order valence-electron chi connectivity index (χ2n) is 6.66. The SMILES string of the molecule is CSc1ccc(C2NC3(CC3)C(=O)N2CC2CCC2)cc1. The number of nitrogens with one attached hydrogen (secondary N) is 1. The summed E-state index contributed by atoms with van der Waals surface area (Å²) in [6, 6.07) is 8.66. The first-order valence-corrected chi connectivity index (χ1v) is 9.17. The molecule has 0 aromatic heterocycles. The Morgan fingerprint density at radius 1 is 1.29 bits per heavy atom. The van der Waals surface area contributed by atoms with E-state index in [0.717, 1.165) is 25.3 Å². The van der Waals surface area contributed by atoms with Crippen LogP contribution in [0.25, 0.3) is 0 Å². The van der Waals surface area contributed by atoms with Crippen LogP contribution in [0, 0.1) is 5.92 Å². The predicted octanol–water partition coefficient (Wildman–Crippen LogP) is 3.17. The second kappa shape index (κ2) is 5.03. The molecule has 4 heteroatoms. The molecule has 1 saturated heterocycles. The van der Waals surface area contributed by atoms with Gasteiger partial charge in [0, 0.05) is 11.4 Å². The average molecular weight is 302 g/mol. The van der Waals surface area contributed by atoms with Gasteiger partial charge in [0.15, 0.2) is 0 Å². The molecule has 1 aliphatic heterocycles. The van der Waals surface area contributed by atoms with E-state index in [-0.39, 0.29) is 11.7 Å². The van der Waals surface area contributed by atoms with Crippen LogP contribution < -0.4 is 5.32 Å². The van der Waals surface area contributed by atoms with Gasteiger partial charge in [0.25, 0.3) is 0 Å². The standard InChI is InChI=1S/C17H22N2OS/c1-21-14-7-5-13(6-8-14)15-18-17(9-10-17)16(20)19(15)11-12-3-2-4-12/h5-8,12,15,18H,2-4,9-11H2,1H3. The highest BCUT2D eigenvalue weighted by molar-refractivity contribution is 7.98. The Balaban J connectivity index is 1.59. The zero-order chi connectivity index (χ0) is 14.4. The van der Waals surface area contributed by atoms with E-state index in [4.69, 9.17) is 0 Å². The van der Waals surface area contributed by atoms with Crippen LogP contribution in [-0.2, 0) is 4.79 Å². The summed E-state index contributed by atoms with van der Waals surface area (Å²) in [5.41, 5.74) is 1.01. The van der Waals surface area contributed by atoms with E-state index in [1.165, 1.54) is 29.7 Å². The molecular weight excluding hydrogens is 280 g/mol. The fourth-order valence-corrected chi connectivity index (χ4v) is 3.88. The maximum atomic E-state index is 12.7. The average Bonchev–Trinajstić information content (AvgIpc) is 3.19. The number of carbonyl (C=O) groups excluding carboxylic acids is 1. The monoisotopic (exact) mass is 302 g/mol. The zero-order valence-corrected chi connectivity index (χ0v) is 13.3. The molecule has 2 saturated carbocycles. The molecule has 1 heterocycles. The van der Waals surface area contributed by atoms with E-state index in [0.29, 0.717) is 5.91 Å². The van der Waals surface area contributed by atoms with Crippen molar-refractivity contribution in [1.82, 2.24) is 10.2 Å². The van der Waals surface area contributed by atoms with Crippen molar-refractivity contribution in [3.8, 4) is 0 Å². The molecule has 21 heavy (non-hydrogen) atoms. The first-order valence-electron chi connectivity index (χ1n) is 7.95. The highest BCUT2D eigenvalue weighted by Gasteiger charge is 2.59. The van der Waals surface area contributed by atoms with Crippen LogP contribution in [0.3, 0.4) is 0 Å². The number of hydrogen-bond donors (Lipinski definition) is 1. The highest BCUT2D eigenvalue weighted by atomic mass is 32.2. The molecule has 1 atom stereocenters. The smallest absolute Gasteiger partial charge is 0.244 e. The predicted molar refractivity (Wildman–Crippen MR) is 85.1 cm³/mol. The van der Waals surface area contributed by atoms with Gasteiger partial charge in [0.1, 0.15) is 11.7 Å². The van der Waals surface area contributed by atoms with Crippen LogP contribution in [-0.4, -0.2) is 29.1 Å². The summed E-state index contributed by atoms with van der Waals surface area (Å²) in [7, 11) is 0. The van der Waals surface area contributed by atoms with Crippen molar-refractivity contribution < 1.29 is 4.79 Å². The number of amides is 1. The summed E-state index contributed by atoms with van der Waals surface area (Å²) in [4.78, 5) is 16.1. The van der Waals surface area contributed by atoms with Gasteiger partial charge in [0.2, 0.25) is 5.91 Å². The summed E-state index contributed by atoms with van der Waals surface area (Å²) in [5.74, 6) is 1.06. The Labute approximate surface area is 130 Å². The Morgan fingerprint density at radius 3 is 2.52 bits per heavy atom. The highest BCUT2D eigenvalue weighted by Crippen LogP contribution is 2.47. The van der Waals surface area contributed by atoms with Crippen LogP contribution >= 0.6 is 11.8 Å². The number of benzene rings is 1. The summed E-state index contributed by atoms with van der Waals surface area (Å²) < 4.78 is 0. The molecule has 1 amide bonds. The largest absolute Gasteiger partial charge is 0.321 e. The molecule has 1 aromatic rings. The maximum Gasteiger partial charge on any atom is 0.244 e. The second-order valence-corrected chi connectivity index (χ2v) is 7.54. The first-order chi connectivity index (χ1) is 10.2. The van der Waals surface area contributed by atoms with Crippen LogP contribution in [0.1, 0.15) is 43.8 Å². The van der Waals surface area contributed by atoms with Crippen molar-refractivity contribution in [1.29, 1.82) is 0 Å². The van der Waals surface area contributed by atoms with E-state index in [1.807, 2.05) is 0 Å². The van der Waals surface area contributed by atoms with Crippen molar-refractivity contribution in [2.75, 3.05) is 12.8 Å². The number of thioether (sulfide) groups is 1. The maximum absolute atomic E-state index is 12.7. The van der Waals surface area contributed by atoms with Crippen molar-refractivity contribution in [2.45, 2.75) is 48.7 Å². The van der Waals surface area contributed by atoms with Crippen LogP contribution in [0.2, 0.25) is 0 Å². The van der Waals surface area contributed by atoms with Gasteiger partial charge in [-0.1, -0.05) is 18.6 Å². The Kier molecular flexibility index (Phi) is 3.27. The van der Waals surface area contributed by atoms with Gasteiger partial charge in [-0.05, 0) is 55.6 Å². The van der Waals surface area contributed by atoms with Gasteiger partial charge in [-0.15, -0.1) is 11.8 Å². The molecule has 3 nitrogen and oxygen atoms in total. The van der Waals surface area contributed by atoms with Crippen molar-refractivity contribution in [2.24, 2.45) is 5.92 Å². The molecule has 3 aliphatic rings. The van der Waals surface area contributed by atoms with Crippen LogP contribution in [0.15, 0.2) is 29.2 Å². The first kappa shape index (κ1) is 13.6. The number of nitrogens with zero attached hydrogens (tertiary/aromatic N) is 1. The third kappa shape index (κ3) is 2.29. The molecule has 1 unspecified atom stereocenters. The molecule has 112 valence electrons. The molecule has 1 aromatic carbocycles. The zero-order valence-electron chi connectivity index (χ0n) is 12.5. The minimum Gasteiger partial charge on any atom is -0.321 e. The topological polar surface area (TPSA) is 32.3 Å². The Hall–Kier alpha value is -1.00. The van der Waals surface area contributed by atoms with Gasteiger partial charge in [-0.3, -0.25) is 10.1 Å². The third-order valence-electron chi connectivity index (χ3n) is 5.26. The normalized spacial score (nSPS) is 27.2. The van der Waals surface area contributed by atoms with Gasteiger partial charge < -0.3 is 4.90 Å². The van der Waals surface area contributed by atoms with Gasteiger partial charge in [-0.25, -0.2) is 0 Å². The van der Waals surface area contributed by atoms with E-state index >= 15 is 0 Å². The minimum absolute atomic E-state index is 0.0801. The fraction of sp³-hybridized carbons (Fsp3) is 0.588. The van der Waals surface area contributed by atoms with Gasteiger partial charge >= 0.3 is 0 Å². The van der Waals surface area contributed by atoms with E-state index in [1.54, 1.807) is 11.8 Å². The number of carbonyl (C=O) groups is 1. The van der Waals surface area contributed by atoms with E-state index in [9.17, 15) is 4.79 Å². The van der Waals surface area contributed by atoms with Crippen molar-refractivity contribution in [3.63, 3.8) is 0 Å². The molecule has 1 spiro atoms. The molecular formula is C17H22N2OS. The lowest BCUT2D eigenvalue weighted by Gasteiger charge is -2.33. The van der Waals surface area contributed by atoms with Crippen LogP contribution in [0.5, 0.6) is 0 Å². The lowest BCUT2D eigenvalue weighted by Crippen LogP contribution is -2.37. The fourth-order valence-electron chi connectivity index (χ4n) is 3.47. The summed E-state index contributed by atoms with van der Waals surface area (Å²) in [5, 5.41) is 3.62. The van der Waals surface area contributed by atoms with E-state index in [2.05, 4.69) is 40.7 Å². The minimum atomic E-state index is -0.216. The summed E-state index contributed by atoms with van der Waals surface area (Å²) in [6.07, 6.45) is 8.09. The third-order valence-corrected chi connectivity index (χ3v) is 6.00. The lowest BCUT2D eigenvalue weighted by atomic mass is 9.85.